The van der Waals surface area contributed by atoms with Crippen LogP contribution >= 0.6 is 0 Å². The second kappa shape index (κ2) is 7.61. The molecule has 1 saturated heterocycles. The molecule has 1 heterocycles. The van der Waals surface area contributed by atoms with E-state index in [1.165, 1.54) is 45.2 Å². The third-order valence-corrected chi connectivity index (χ3v) is 5.19. The zero-order chi connectivity index (χ0) is 13.7. The molecule has 2 rings (SSSR count). The summed E-state index contributed by atoms with van der Waals surface area (Å²) in [5.41, 5.74) is 0. The average Bonchev–Trinajstić information content (AvgIpc) is 2.88. The van der Waals surface area contributed by atoms with E-state index >= 15 is 0 Å². The standard InChI is InChI=1S/C16H32N2O/c1-4-13-6-7-16(17-5-2)14(10-13)11-18-9-8-15(12-18)19-3/h13-17H,4-12H2,1-3H3. The Morgan fingerprint density at radius 3 is 2.68 bits per heavy atom. The minimum absolute atomic E-state index is 0.475. The first-order valence-electron chi connectivity index (χ1n) is 8.25. The van der Waals surface area contributed by atoms with E-state index < -0.39 is 0 Å². The fourth-order valence-electron chi connectivity index (χ4n) is 3.95. The van der Waals surface area contributed by atoms with Crippen LogP contribution in [0.4, 0.5) is 0 Å². The molecule has 3 heteroatoms. The normalized spacial score (nSPS) is 36.8. The van der Waals surface area contributed by atoms with Crippen LogP contribution < -0.4 is 5.32 Å². The summed E-state index contributed by atoms with van der Waals surface area (Å²) in [6, 6.07) is 0.745. The van der Waals surface area contributed by atoms with Gasteiger partial charge in [-0.1, -0.05) is 20.3 Å². The van der Waals surface area contributed by atoms with E-state index in [0.717, 1.165) is 31.0 Å². The number of nitrogens with one attached hydrogen (secondary N) is 1. The lowest BCUT2D eigenvalue weighted by atomic mass is 9.76. The molecule has 2 aliphatic rings. The van der Waals surface area contributed by atoms with Crippen LogP contribution in [0.2, 0.25) is 0 Å². The maximum atomic E-state index is 5.49. The summed E-state index contributed by atoms with van der Waals surface area (Å²) in [6.07, 6.45) is 7.26. The predicted octanol–water partition coefficient (Wildman–Crippen LogP) is 2.51. The van der Waals surface area contributed by atoms with E-state index in [-0.39, 0.29) is 0 Å². The monoisotopic (exact) mass is 268 g/mol. The van der Waals surface area contributed by atoms with Crippen molar-refractivity contribution in [3.63, 3.8) is 0 Å². The van der Waals surface area contributed by atoms with Crippen LogP contribution in [-0.2, 0) is 4.74 Å². The van der Waals surface area contributed by atoms with Gasteiger partial charge in [0.2, 0.25) is 0 Å². The first kappa shape index (κ1) is 15.3. The van der Waals surface area contributed by atoms with Crippen LogP contribution in [0.5, 0.6) is 0 Å². The summed E-state index contributed by atoms with van der Waals surface area (Å²) in [6.45, 7) is 9.34. The Balaban J connectivity index is 1.86. The number of ether oxygens (including phenoxy) is 1. The Labute approximate surface area is 119 Å². The average molecular weight is 268 g/mol. The highest BCUT2D eigenvalue weighted by atomic mass is 16.5. The first-order chi connectivity index (χ1) is 9.26. The van der Waals surface area contributed by atoms with Gasteiger partial charge in [0, 0.05) is 32.8 Å². The van der Waals surface area contributed by atoms with Gasteiger partial charge in [0.1, 0.15) is 0 Å². The SMILES string of the molecule is CCNC1CCC(CC)CC1CN1CCC(OC)C1. The minimum Gasteiger partial charge on any atom is -0.380 e. The smallest absolute Gasteiger partial charge is 0.0710 e. The summed E-state index contributed by atoms with van der Waals surface area (Å²) < 4.78 is 5.49. The Bertz CT molecular complexity index is 259. The Morgan fingerprint density at radius 2 is 2.05 bits per heavy atom. The molecule has 0 bridgehead atoms. The van der Waals surface area contributed by atoms with Crippen molar-refractivity contribution in [1.29, 1.82) is 0 Å². The molecule has 0 radical (unpaired) electrons. The van der Waals surface area contributed by atoms with Crippen molar-refractivity contribution in [2.45, 2.75) is 58.1 Å². The lowest BCUT2D eigenvalue weighted by Crippen LogP contribution is -2.45. The molecule has 2 fully saturated rings. The maximum Gasteiger partial charge on any atom is 0.0710 e. The van der Waals surface area contributed by atoms with Crippen molar-refractivity contribution < 1.29 is 4.74 Å². The fraction of sp³-hybridized carbons (Fsp3) is 1.00. The van der Waals surface area contributed by atoms with E-state index in [0.29, 0.717) is 6.10 Å². The Kier molecular flexibility index (Phi) is 6.11. The highest BCUT2D eigenvalue weighted by Gasteiger charge is 2.32. The van der Waals surface area contributed by atoms with Crippen molar-refractivity contribution in [3.05, 3.63) is 0 Å². The van der Waals surface area contributed by atoms with Crippen molar-refractivity contribution >= 4 is 0 Å². The predicted molar refractivity (Wildman–Crippen MR) is 80.4 cm³/mol. The summed E-state index contributed by atoms with van der Waals surface area (Å²) in [5.74, 6) is 1.80. The largest absolute Gasteiger partial charge is 0.380 e. The third kappa shape index (κ3) is 4.17. The molecule has 1 saturated carbocycles. The van der Waals surface area contributed by atoms with E-state index in [4.69, 9.17) is 4.74 Å². The van der Waals surface area contributed by atoms with Gasteiger partial charge in [-0.05, 0) is 44.1 Å². The molecule has 1 N–H and O–H groups in total. The van der Waals surface area contributed by atoms with Crippen molar-refractivity contribution in [2.24, 2.45) is 11.8 Å². The lowest BCUT2D eigenvalue weighted by molar-refractivity contribution is 0.0977. The molecule has 0 aromatic heterocycles. The number of rotatable bonds is 6. The molecular formula is C16H32N2O. The fourth-order valence-corrected chi connectivity index (χ4v) is 3.95. The summed E-state index contributed by atoms with van der Waals surface area (Å²) in [7, 11) is 1.85. The molecule has 19 heavy (non-hydrogen) atoms. The van der Waals surface area contributed by atoms with Gasteiger partial charge in [0.25, 0.3) is 0 Å². The van der Waals surface area contributed by atoms with Gasteiger partial charge in [0.15, 0.2) is 0 Å². The first-order valence-corrected chi connectivity index (χ1v) is 8.25. The number of nitrogens with zero attached hydrogens (tertiary/aromatic N) is 1. The molecule has 1 aliphatic carbocycles. The van der Waals surface area contributed by atoms with Gasteiger partial charge in [0.05, 0.1) is 6.10 Å². The van der Waals surface area contributed by atoms with E-state index in [1.807, 2.05) is 7.11 Å². The molecule has 0 amide bonds. The van der Waals surface area contributed by atoms with Gasteiger partial charge in [-0.15, -0.1) is 0 Å². The molecule has 112 valence electrons. The lowest BCUT2D eigenvalue weighted by Gasteiger charge is -2.38. The van der Waals surface area contributed by atoms with E-state index in [2.05, 4.69) is 24.1 Å². The van der Waals surface area contributed by atoms with Crippen LogP contribution in [0.1, 0.15) is 46.0 Å². The van der Waals surface area contributed by atoms with Crippen molar-refractivity contribution in [2.75, 3.05) is 33.3 Å². The molecule has 0 aromatic rings. The number of likely N-dealkylation sites (tertiary alicyclic amines) is 1. The molecule has 4 unspecified atom stereocenters. The molecule has 0 spiro atoms. The zero-order valence-corrected chi connectivity index (χ0v) is 13.0. The van der Waals surface area contributed by atoms with Crippen LogP contribution in [-0.4, -0.2) is 50.3 Å². The number of methoxy groups -OCH3 is 1. The van der Waals surface area contributed by atoms with Gasteiger partial charge >= 0.3 is 0 Å². The Morgan fingerprint density at radius 1 is 1.21 bits per heavy atom. The van der Waals surface area contributed by atoms with Crippen LogP contribution in [0.15, 0.2) is 0 Å². The van der Waals surface area contributed by atoms with Crippen LogP contribution in [0.3, 0.4) is 0 Å². The second-order valence-electron chi connectivity index (χ2n) is 6.42. The second-order valence-corrected chi connectivity index (χ2v) is 6.42. The number of hydrogen-bond acceptors (Lipinski definition) is 3. The van der Waals surface area contributed by atoms with Crippen molar-refractivity contribution in [1.82, 2.24) is 10.2 Å². The minimum atomic E-state index is 0.475. The highest BCUT2D eigenvalue weighted by molar-refractivity contribution is 4.88. The summed E-state index contributed by atoms with van der Waals surface area (Å²) >= 11 is 0. The van der Waals surface area contributed by atoms with Gasteiger partial charge in [-0.3, -0.25) is 0 Å². The quantitative estimate of drug-likeness (QED) is 0.801. The molecule has 3 nitrogen and oxygen atoms in total. The topological polar surface area (TPSA) is 24.5 Å². The van der Waals surface area contributed by atoms with Gasteiger partial charge in [-0.25, -0.2) is 0 Å². The van der Waals surface area contributed by atoms with Gasteiger partial charge < -0.3 is 15.0 Å². The molecular weight excluding hydrogens is 236 g/mol. The summed E-state index contributed by atoms with van der Waals surface area (Å²) in [4.78, 5) is 2.63. The molecule has 4 atom stereocenters. The van der Waals surface area contributed by atoms with Crippen LogP contribution in [0.25, 0.3) is 0 Å². The maximum absolute atomic E-state index is 5.49. The van der Waals surface area contributed by atoms with Crippen LogP contribution in [0, 0.1) is 11.8 Å². The van der Waals surface area contributed by atoms with E-state index in [9.17, 15) is 0 Å². The Hall–Kier alpha value is -0.120. The third-order valence-electron chi connectivity index (χ3n) is 5.19. The molecule has 1 aliphatic heterocycles. The van der Waals surface area contributed by atoms with Gasteiger partial charge in [-0.2, -0.15) is 0 Å². The van der Waals surface area contributed by atoms with Crippen molar-refractivity contribution in [3.8, 4) is 0 Å². The zero-order valence-electron chi connectivity index (χ0n) is 13.0. The highest BCUT2D eigenvalue weighted by Crippen LogP contribution is 2.32. The summed E-state index contributed by atoms with van der Waals surface area (Å²) in [5, 5.41) is 3.72. The number of hydrogen-bond donors (Lipinski definition) is 1. The van der Waals surface area contributed by atoms with E-state index in [1.54, 1.807) is 0 Å². The molecule has 0 aromatic carbocycles.